The van der Waals surface area contributed by atoms with Crippen LogP contribution in [-0.2, 0) is 4.79 Å². The van der Waals surface area contributed by atoms with Crippen molar-refractivity contribution < 1.29 is 9.18 Å². The Morgan fingerprint density at radius 2 is 2.12 bits per heavy atom. The predicted octanol–water partition coefficient (Wildman–Crippen LogP) is 1.55. The highest BCUT2D eigenvalue weighted by molar-refractivity contribution is 5.91. The minimum absolute atomic E-state index is 0.132. The number of rotatable bonds is 3. The monoisotopic (exact) mass is 225 g/mol. The van der Waals surface area contributed by atoms with Gasteiger partial charge in [-0.05, 0) is 32.9 Å². The molecule has 1 heterocycles. The van der Waals surface area contributed by atoms with E-state index in [9.17, 15) is 9.18 Å². The molecular formula is C11H16FN3O. The van der Waals surface area contributed by atoms with Crippen LogP contribution in [0.15, 0.2) is 18.2 Å². The fourth-order valence-corrected chi connectivity index (χ4v) is 1.01. The number of halogens is 1. The van der Waals surface area contributed by atoms with Crippen LogP contribution in [0.4, 0.5) is 10.2 Å². The number of aromatic nitrogens is 1. The Kier molecular flexibility index (Phi) is 3.95. The maximum atomic E-state index is 12.7. The highest BCUT2D eigenvalue weighted by Gasteiger charge is 2.11. The topological polar surface area (TPSA) is 54.0 Å². The summed E-state index contributed by atoms with van der Waals surface area (Å²) in [5, 5.41) is 5.53. The molecule has 0 aliphatic rings. The van der Waals surface area contributed by atoms with Crippen molar-refractivity contribution in [3.05, 3.63) is 24.1 Å². The first kappa shape index (κ1) is 12.6. The highest BCUT2D eigenvalue weighted by atomic mass is 19.1. The molecule has 0 saturated carbocycles. The zero-order valence-electron chi connectivity index (χ0n) is 9.67. The zero-order valence-corrected chi connectivity index (χ0v) is 9.67. The number of hydrogen-bond acceptors (Lipinski definition) is 3. The van der Waals surface area contributed by atoms with Crippen molar-refractivity contribution in [1.29, 1.82) is 0 Å². The summed E-state index contributed by atoms with van der Waals surface area (Å²) in [5.41, 5.74) is -0.132. The molecule has 16 heavy (non-hydrogen) atoms. The standard InChI is InChI=1S/C11H16FN3O/c1-11(2,3)13-7-10(16)15-9-6-4-5-8(12)14-9/h4-6,13H,7H2,1-3H3,(H,14,15,16). The van der Waals surface area contributed by atoms with Gasteiger partial charge in [-0.1, -0.05) is 6.07 Å². The Morgan fingerprint density at radius 1 is 1.44 bits per heavy atom. The molecule has 1 aromatic rings. The molecule has 0 aliphatic heterocycles. The van der Waals surface area contributed by atoms with Crippen LogP contribution in [0.2, 0.25) is 0 Å². The Hall–Kier alpha value is -1.49. The van der Waals surface area contributed by atoms with Crippen molar-refractivity contribution in [1.82, 2.24) is 10.3 Å². The SMILES string of the molecule is CC(C)(C)NCC(=O)Nc1cccc(F)n1. The van der Waals surface area contributed by atoms with Gasteiger partial charge in [0.25, 0.3) is 0 Å². The summed E-state index contributed by atoms with van der Waals surface area (Å²) in [4.78, 5) is 15.0. The fraction of sp³-hybridized carbons (Fsp3) is 0.455. The van der Waals surface area contributed by atoms with E-state index in [0.29, 0.717) is 0 Å². The van der Waals surface area contributed by atoms with E-state index in [-0.39, 0.29) is 23.8 Å². The summed E-state index contributed by atoms with van der Waals surface area (Å²) in [6.07, 6.45) is 0. The normalized spacial score (nSPS) is 11.2. The lowest BCUT2D eigenvalue weighted by Crippen LogP contribution is -2.41. The van der Waals surface area contributed by atoms with E-state index in [2.05, 4.69) is 15.6 Å². The second-order valence-electron chi connectivity index (χ2n) is 4.50. The molecule has 0 bridgehead atoms. The third-order valence-electron chi connectivity index (χ3n) is 1.76. The molecule has 5 heteroatoms. The molecule has 0 spiro atoms. The molecule has 0 aromatic carbocycles. The molecular weight excluding hydrogens is 209 g/mol. The molecule has 1 amide bonds. The van der Waals surface area contributed by atoms with Crippen LogP contribution in [0.3, 0.4) is 0 Å². The van der Waals surface area contributed by atoms with E-state index in [1.165, 1.54) is 18.2 Å². The van der Waals surface area contributed by atoms with E-state index >= 15 is 0 Å². The quantitative estimate of drug-likeness (QED) is 0.767. The zero-order chi connectivity index (χ0) is 12.2. The number of hydrogen-bond donors (Lipinski definition) is 2. The smallest absolute Gasteiger partial charge is 0.239 e. The van der Waals surface area contributed by atoms with Crippen molar-refractivity contribution >= 4 is 11.7 Å². The summed E-state index contributed by atoms with van der Waals surface area (Å²) in [6, 6.07) is 4.26. The Balaban J connectivity index is 2.46. The van der Waals surface area contributed by atoms with E-state index < -0.39 is 5.95 Å². The summed E-state index contributed by atoms with van der Waals surface area (Å²) in [7, 11) is 0. The second-order valence-corrected chi connectivity index (χ2v) is 4.50. The van der Waals surface area contributed by atoms with Gasteiger partial charge in [0.15, 0.2) is 0 Å². The van der Waals surface area contributed by atoms with Gasteiger partial charge in [0.05, 0.1) is 6.54 Å². The van der Waals surface area contributed by atoms with Gasteiger partial charge in [-0.2, -0.15) is 4.39 Å². The lowest BCUT2D eigenvalue weighted by Gasteiger charge is -2.19. The number of pyridine rings is 1. The largest absolute Gasteiger partial charge is 0.309 e. The Labute approximate surface area is 94.3 Å². The molecule has 1 rings (SSSR count). The van der Waals surface area contributed by atoms with Crippen molar-refractivity contribution in [2.24, 2.45) is 0 Å². The minimum Gasteiger partial charge on any atom is -0.309 e. The van der Waals surface area contributed by atoms with Gasteiger partial charge in [-0.25, -0.2) is 4.98 Å². The molecule has 4 nitrogen and oxygen atoms in total. The molecule has 0 radical (unpaired) electrons. The maximum Gasteiger partial charge on any atom is 0.239 e. The number of amides is 1. The average Bonchev–Trinajstić information content (AvgIpc) is 2.14. The van der Waals surface area contributed by atoms with Gasteiger partial charge >= 0.3 is 0 Å². The summed E-state index contributed by atoms with van der Waals surface area (Å²) in [6.45, 7) is 6.05. The van der Waals surface area contributed by atoms with Gasteiger partial charge < -0.3 is 10.6 Å². The lowest BCUT2D eigenvalue weighted by atomic mass is 10.1. The molecule has 2 N–H and O–H groups in total. The number of carbonyl (C=O) groups excluding carboxylic acids is 1. The highest BCUT2D eigenvalue weighted by Crippen LogP contribution is 2.03. The van der Waals surface area contributed by atoms with Crippen LogP contribution in [0.5, 0.6) is 0 Å². The van der Waals surface area contributed by atoms with E-state index in [0.717, 1.165) is 0 Å². The van der Waals surface area contributed by atoms with E-state index in [4.69, 9.17) is 0 Å². The third-order valence-corrected chi connectivity index (χ3v) is 1.76. The lowest BCUT2D eigenvalue weighted by molar-refractivity contribution is -0.115. The first-order valence-electron chi connectivity index (χ1n) is 5.04. The van der Waals surface area contributed by atoms with Crippen LogP contribution in [0, 0.1) is 5.95 Å². The number of anilines is 1. The van der Waals surface area contributed by atoms with Crippen molar-refractivity contribution in [3.63, 3.8) is 0 Å². The number of nitrogens with one attached hydrogen (secondary N) is 2. The van der Waals surface area contributed by atoms with Gasteiger partial charge in [0, 0.05) is 5.54 Å². The van der Waals surface area contributed by atoms with Crippen LogP contribution in [0.25, 0.3) is 0 Å². The molecule has 0 atom stereocenters. The first-order chi connectivity index (χ1) is 7.37. The summed E-state index contributed by atoms with van der Waals surface area (Å²) < 4.78 is 12.7. The molecule has 0 aliphatic carbocycles. The average molecular weight is 225 g/mol. The van der Waals surface area contributed by atoms with Crippen LogP contribution in [-0.4, -0.2) is 23.0 Å². The molecule has 1 aromatic heterocycles. The molecule has 0 unspecified atom stereocenters. The van der Waals surface area contributed by atoms with Crippen LogP contribution < -0.4 is 10.6 Å². The first-order valence-corrected chi connectivity index (χ1v) is 5.04. The van der Waals surface area contributed by atoms with Crippen molar-refractivity contribution in [2.45, 2.75) is 26.3 Å². The fourth-order valence-electron chi connectivity index (χ4n) is 1.01. The van der Waals surface area contributed by atoms with Gasteiger partial charge in [0.1, 0.15) is 5.82 Å². The molecule has 0 fully saturated rings. The molecule has 88 valence electrons. The maximum absolute atomic E-state index is 12.7. The number of nitrogens with zero attached hydrogens (tertiary/aromatic N) is 1. The van der Waals surface area contributed by atoms with Gasteiger partial charge in [0.2, 0.25) is 11.9 Å². The Morgan fingerprint density at radius 3 is 2.69 bits per heavy atom. The van der Waals surface area contributed by atoms with E-state index in [1.54, 1.807) is 0 Å². The van der Waals surface area contributed by atoms with Gasteiger partial charge in [-0.3, -0.25) is 4.79 Å². The van der Waals surface area contributed by atoms with Crippen LogP contribution in [0.1, 0.15) is 20.8 Å². The summed E-state index contributed by atoms with van der Waals surface area (Å²) in [5.74, 6) is -0.629. The van der Waals surface area contributed by atoms with E-state index in [1.807, 2.05) is 20.8 Å². The second kappa shape index (κ2) is 5.03. The van der Waals surface area contributed by atoms with Gasteiger partial charge in [-0.15, -0.1) is 0 Å². The van der Waals surface area contributed by atoms with Crippen molar-refractivity contribution in [3.8, 4) is 0 Å². The Bertz CT molecular complexity index is 374. The number of carbonyl (C=O) groups is 1. The minimum atomic E-state index is -0.610. The third kappa shape index (κ3) is 4.84. The van der Waals surface area contributed by atoms with Crippen LogP contribution >= 0.6 is 0 Å². The predicted molar refractivity (Wildman–Crippen MR) is 60.6 cm³/mol. The van der Waals surface area contributed by atoms with Crippen molar-refractivity contribution in [2.75, 3.05) is 11.9 Å². The summed E-state index contributed by atoms with van der Waals surface area (Å²) >= 11 is 0. The molecule has 0 saturated heterocycles.